The van der Waals surface area contributed by atoms with Gasteiger partial charge in [-0.2, -0.15) is 0 Å². The molecule has 0 heterocycles. The van der Waals surface area contributed by atoms with Gasteiger partial charge in [-0.25, -0.2) is 0 Å². The molecule has 0 atom stereocenters. The average molecular weight is 281 g/mol. The largest absolute Gasteiger partial charge is 0.484 e. The number of rotatable bonds is 8. The number of benzene rings is 1. The second-order valence-corrected chi connectivity index (χ2v) is 4.60. The number of hydrogen-bond donors (Lipinski definition) is 2. The van der Waals surface area contributed by atoms with Crippen LogP contribution in [-0.2, 0) is 4.79 Å². The molecular weight excluding hydrogens is 262 g/mol. The Morgan fingerprint density at radius 2 is 2.20 bits per heavy atom. The first-order valence-electron chi connectivity index (χ1n) is 6.37. The van der Waals surface area contributed by atoms with E-state index < -0.39 is 4.92 Å². The predicted octanol–water partition coefficient (Wildman–Crippen LogP) is 2.06. The maximum absolute atomic E-state index is 10.9. The molecule has 7 heteroatoms. The lowest BCUT2D eigenvalue weighted by Crippen LogP contribution is -2.13. The molecule has 110 valence electrons. The minimum atomic E-state index is -0.478. The zero-order valence-corrected chi connectivity index (χ0v) is 11.6. The van der Waals surface area contributed by atoms with E-state index in [1.165, 1.54) is 6.07 Å². The summed E-state index contributed by atoms with van der Waals surface area (Å²) in [6.45, 7) is 4.16. The quantitative estimate of drug-likeness (QED) is 0.431. The van der Waals surface area contributed by atoms with Crippen LogP contribution < -0.4 is 15.8 Å². The zero-order chi connectivity index (χ0) is 15.1. The molecule has 0 unspecified atom stereocenters. The number of carbonyl (C=O) groups excluding carboxylic acids is 1. The second-order valence-electron chi connectivity index (χ2n) is 4.60. The first-order valence-corrected chi connectivity index (χ1v) is 6.37. The number of nitro groups is 1. The number of nitro benzene ring substituents is 1. The fourth-order valence-corrected chi connectivity index (χ4v) is 1.62. The van der Waals surface area contributed by atoms with Crippen molar-refractivity contribution in [2.75, 3.05) is 11.9 Å². The summed E-state index contributed by atoms with van der Waals surface area (Å²) in [6.07, 6.45) is 0.751. The van der Waals surface area contributed by atoms with Gasteiger partial charge in [0.25, 0.3) is 0 Å². The lowest BCUT2D eigenvalue weighted by Gasteiger charge is -2.12. The summed E-state index contributed by atoms with van der Waals surface area (Å²) < 4.78 is 5.44. The minimum Gasteiger partial charge on any atom is -0.484 e. The van der Waals surface area contributed by atoms with Crippen LogP contribution in [0.5, 0.6) is 5.75 Å². The van der Waals surface area contributed by atoms with Gasteiger partial charge >= 0.3 is 5.69 Å². The van der Waals surface area contributed by atoms with E-state index in [0.717, 1.165) is 0 Å². The Kier molecular flexibility index (Phi) is 5.76. The topological polar surface area (TPSA) is 107 Å². The third kappa shape index (κ3) is 5.13. The molecule has 0 aromatic heterocycles. The summed E-state index contributed by atoms with van der Waals surface area (Å²) in [4.78, 5) is 21.0. The Morgan fingerprint density at radius 3 is 2.75 bits per heavy atom. The van der Waals surface area contributed by atoms with Gasteiger partial charge in [0.05, 0.1) is 11.0 Å². The molecule has 0 aliphatic rings. The monoisotopic (exact) mass is 281 g/mol. The van der Waals surface area contributed by atoms with Crippen LogP contribution in [-0.4, -0.2) is 23.5 Å². The van der Waals surface area contributed by atoms with Crippen LogP contribution in [0.2, 0.25) is 0 Å². The highest BCUT2D eigenvalue weighted by Crippen LogP contribution is 2.30. The molecule has 0 bridgehead atoms. The lowest BCUT2D eigenvalue weighted by atomic mass is 10.2. The smallest absolute Gasteiger partial charge is 0.311 e. The molecule has 0 aliphatic heterocycles. The van der Waals surface area contributed by atoms with Crippen molar-refractivity contribution in [2.45, 2.75) is 32.8 Å². The van der Waals surface area contributed by atoms with Crippen molar-refractivity contribution in [1.82, 2.24) is 0 Å². The molecule has 1 rings (SSSR count). The van der Waals surface area contributed by atoms with E-state index >= 15 is 0 Å². The van der Waals surface area contributed by atoms with Gasteiger partial charge in [0.15, 0.2) is 5.75 Å². The van der Waals surface area contributed by atoms with E-state index in [-0.39, 0.29) is 23.4 Å². The second kappa shape index (κ2) is 7.32. The molecule has 1 amide bonds. The maximum Gasteiger partial charge on any atom is 0.311 e. The minimum absolute atomic E-state index is 0.0682. The molecular formula is C13H19N3O4. The average Bonchev–Trinajstić information content (AvgIpc) is 2.33. The van der Waals surface area contributed by atoms with Crippen molar-refractivity contribution in [2.24, 2.45) is 5.73 Å². The fourth-order valence-electron chi connectivity index (χ4n) is 1.62. The molecule has 0 radical (unpaired) electrons. The van der Waals surface area contributed by atoms with E-state index in [4.69, 9.17) is 10.5 Å². The van der Waals surface area contributed by atoms with Gasteiger partial charge in [-0.05, 0) is 26.3 Å². The number of nitrogens with one attached hydrogen (secondary N) is 1. The van der Waals surface area contributed by atoms with Gasteiger partial charge in [-0.1, -0.05) is 0 Å². The normalized spacial score (nSPS) is 10.3. The highest BCUT2D eigenvalue weighted by Gasteiger charge is 2.16. The molecule has 0 fully saturated rings. The maximum atomic E-state index is 10.9. The first kappa shape index (κ1) is 15.7. The van der Waals surface area contributed by atoms with Gasteiger partial charge in [0, 0.05) is 30.8 Å². The van der Waals surface area contributed by atoms with E-state index in [0.29, 0.717) is 25.1 Å². The van der Waals surface area contributed by atoms with E-state index in [9.17, 15) is 14.9 Å². The third-order valence-corrected chi connectivity index (χ3v) is 2.45. The molecule has 0 saturated carbocycles. The van der Waals surface area contributed by atoms with Crippen LogP contribution in [0.15, 0.2) is 18.2 Å². The van der Waals surface area contributed by atoms with Gasteiger partial charge in [-0.3, -0.25) is 14.9 Å². The number of hydrogen-bond acceptors (Lipinski definition) is 5. The summed E-state index contributed by atoms with van der Waals surface area (Å²) in [5.74, 6) is -0.121. The number of carbonyl (C=O) groups is 1. The van der Waals surface area contributed by atoms with Gasteiger partial charge in [0.1, 0.15) is 0 Å². The van der Waals surface area contributed by atoms with Crippen LogP contribution in [0.25, 0.3) is 0 Å². The molecule has 3 N–H and O–H groups in total. The summed E-state index contributed by atoms with van der Waals surface area (Å²) in [5.41, 5.74) is 5.68. The zero-order valence-electron chi connectivity index (χ0n) is 11.6. The molecule has 7 nitrogen and oxygen atoms in total. The third-order valence-electron chi connectivity index (χ3n) is 2.45. The molecule has 20 heavy (non-hydrogen) atoms. The van der Waals surface area contributed by atoms with Crippen molar-refractivity contribution in [3.63, 3.8) is 0 Å². The van der Waals surface area contributed by atoms with Crippen molar-refractivity contribution in [1.29, 1.82) is 0 Å². The van der Waals surface area contributed by atoms with Crippen molar-refractivity contribution in [3.8, 4) is 5.75 Å². The van der Waals surface area contributed by atoms with E-state index in [1.807, 2.05) is 0 Å². The van der Waals surface area contributed by atoms with Crippen molar-refractivity contribution in [3.05, 3.63) is 28.3 Å². The number of ether oxygens (including phenoxy) is 1. The van der Waals surface area contributed by atoms with E-state index in [1.54, 1.807) is 26.0 Å². The molecule has 1 aromatic carbocycles. The van der Waals surface area contributed by atoms with Crippen molar-refractivity contribution < 1.29 is 14.5 Å². The first-order chi connectivity index (χ1) is 9.40. The number of amides is 1. The van der Waals surface area contributed by atoms with E-state index in [2.05, 4.69) is 5.32 Å². The Morgan fingerprint density at radius 1 is 1.50 bits per heavy atom. The van der Waals surface area contributed by atoms with Crippen molar-refractivity contribution >= 4 is 17.3 Å². The summed E-state index contributed by atoms with van der Waals surface area (Å²) in [7, 11) is 0. The summed E-state index contributed by atoms with van der Waals surface area (Å²) in [5, 5.41) is 14.0. The van der Waals surface area contributed by atoms with Crippen LogP contribution in [0.1, 0.15) is 26.7 Å². The molecule has 0 spiro atoms. The Labute approximate surface area is 117 Å². The highest BCUT2D eigenvalue weighted by atomic mass is 16.6. The molecule has 1 aromatic rings. The fraction of sp³-hybridized carbons (Fsp3) is 0.462. The predicted molar refractivity (Wildman–Crippen MR) is 75.8 cm³/mol. The summed E-state index contributed by atoms with van der Waals surface area (Å²) in [6, 6.07) is 4.59. The van der Waals surface area contributed by atoms with Crippen LogP contribution >= 0.6 is 0 Å². The Hall–Kier alpha value is -2.31. The Bertz CT molecular complexity index is 489. The highest BCUT2D eigenvalue weighted by molar-refractivity contribution is 5.73. The number of nitrogens with two attached hydrogens (primary N) is 1. The van der Waals surface area contributed by atoms with Gasteiger partial charge < -0.3 is 15.8 Å². The lowest BCUT2D eigenvalue weighted by molar-refractivity contribution is -0.386. The van der Waals surface area contributed by atoms with Crippen LogP contribution in [0, 0.1) is 10.1 Å². The Balaban J connectivity index is 2.73. The van der Waals surface area contributed by atoms with Crippen LogP contribution in [0.4, 0.5) is 11.4 Å². The van der Waals surface area contributed by atoms with Gasteiger partial charge in [0.2, 0.25) is 5.91 Å². The standard InChI is InChI=1S/C13H19N3O4/c1-9(2)20-12-8-10(5-6-11(12)16(18)19)15-7-3-4-13(14)17/h5-6,8-9,15H,3-4,7H2,1-2H3,(H2,14,17). The number of anilines is 1. The van der Waals surface area contributed by atoms with Crippen LogP contribution in [0.3, 0.4) is 0 Å². The molecule has 0 aliphatic carbocycles. The SMILES string of the molecule is CC(C)Oc1cc(NCCCC(N)=O)ccc1[N+](=O)[O-]. The molecule has 0 saturated heterocycles. The summed E-state index contributed by atoms with van der Waals surface area (Å²) >= 11 is 0. The van der Waals surface area contributed by atoms with Gasteiger partial charge in [-0.15, -0.1) is 0 Å². The number of nitrogens with zero attached hydrogens (tertiary/aromatic N) is 1. The number of primary amides is 1.